The van der Waals surface area contributed by atoms with Crippen LogP contribution in [0.25, 0.3) is 11.3 Å². The summed E-state index contributed by atoms with van der Waals surface area (Å²) in [6.07, 6.45) is -4.08. The molecule has 0 saturated carbocycles. The first-order chi connectivity index (χ1) is 13.4. The van der Waals surface area contributed by atoms with Crippen molar-refractivity contribution in [2.75, 3.05) is 13.7 Å². The minimum absolute atomic E-state index is 0.0421. The van der Waals surface area contributed by atoms with Crippen LogP contribution in [0.1, 0.15) is 27.8 Å². The van der Waals surface area contributed by atoms with E-state index in [-0.39, 0.29) is 18.9 Å². The summed E-state index contributed by atoms with van der Waals surface area (Å²) < 4.78 is 53.2. The van der Waals surface area contributed by atoms with Crippen LogP contribution >= 0.6 is 0 Å². The van der Waals surface area contributed by atoms with Crippen molar-refractivity contribution in [3.8, 4) is 11.3 Å². The van der Waals surface area contributed by atoms with Crippen LogP contribution < -0.4 is 5.32 Å². The molecule has 2 heterocycles. The summed E-state index contributed by atoms with van der Waals surface area (Å²) >= 11 is 0. The molecule has 7 nitrogen and oxygen atoms in total. The Bertz CT molecular complexity index is 932. The maximum absolute atomic E-state index is 12.6. The van der Waals surface area contributed by atoms with Gasteiger partial charge in [-0.3, -0.25) is 4.79 Å². The highest BCUT2D eigenvalue weighted by atomic mass is 19.4. The van der Waals surface area contributed by atoms with Gasteiger partial charge in [-0.25, -0.2) is 0 Å². The van der Waals surface area contributed by atoms with Crippen LogP contribution in [-0.4, -0.2) is 29.7 Å². The topological polar surface area (TPSA) is 90.4 Å². The Balaban J connectivity index is 1.56. The number of hydrogen-bond acceptors (Lipinski definition) is 6. The van der Waals surface area contributed by atoms with E-state index in [1.54, 1.807) is 0 Å². The number of carbonyl (C=O) groups is 1. The van der Waals surface area contributed by atoms with Gasteiger partial charge in [0.25, 0.3) is 5.91 Å². The lowest BCUT2D eigenvalue weighted by Crippen LogP contribution is -2.25. The Morgan fingerprint density at radius 1 is 1.18 bits per heavy atom. The van der Waals surface area contributed by atoms with E-state index in [4.69, 9.17) is 13.7 Å². The monoisotopic (exact) mass is 395 g/mol. The molecule has 0 aliphatic heterocycles. The maximum atomic E-state index is 12.6. The highest BCUT2D eigenvalue weighted by Gasteiger charge is 2.30. The summed E-state index contributed by atoms with van der Waals surface area (Å²) in [7, 11) is 1.51. The molecule has 0 bridgehead atoms. The molecule has 0 fully saturated rings. The number of alkyl halides is 3. The SMILES string of the molecule is COCc1noc(CCNC(=O)c2ccc(-c3ccc(C(F)(F)F)cc3)o2)n1. The van der Waals surface area contributed by atoms with Crippen LogP contribution in [0.3, 0.4) is 0 Å². The van der Waals surface area contributed by atoms with Crippen LogP contribution in [0, 0.1) is 0 Å². The van der Waals surface area contributed by atoms with E-state index < -0.39 is 17.6 Å². The minimum atomic E-state index is -4.41. The predicted molar refractivity (Wildman–Crippen MR) is 90.2 cm³/mol. The van der Waals surface area contributed by atoms with Crippen molar-refractivity contribution in [3.05, 3.63) is 59.4 Å². The smallest absolute Gasteiger partial charge is 0.416 e. The Kier molecular flexibility index (Phi) is 5.78. The third-order valence-electron chi connectivity index (χ3n) is 3.73. The van der Waals surface area contributed by atoms with Crippen molar-refractivity contribution in [1.29, 1.82) is 0 Å². The Labute approximate surface area is 157 Å². The molecule has 1 N–H and O–H groups in total. The van der Waals surface area contributed by atoms with Crippen molar-refractivity contribution < 1.29 is 31.6 Å². The van der Waals surface area contributed by atoms with Crippen molar-refractivity contribution in [2.45, 2.75) is 19.2 Å². The van der Waals surface area contributed by atoms with Crippen molar-refractivity contribution >= 4 is 5.91 Å². The largest absolute Gasteiger partial charge is 0.451 e. The molecule has 28 heavy (non-hydrogen) atoms. The molecule has 148 valence electrons. The van der Waals surface area contributed by atoms with Crippen molar-refractivity contribution in [1.82, 2.24) is 15.5 Å². The van der Waals surface area contributed by atoms with Gasteiger partial charge in [-0.1, -0.05) is 17.3 Å². The first-order valence-corrected chi connectivity index (χ1v) is 8.23. The fraction of sp³-hybridized carbons (Fsp3) is 0.278. The van der Waals surface area contributed by atoms with Crippen LogP contribution in [-0.2, 0) is 23.9 Å². The molecule has 0 saturated heterocycles. The van der Waals surface area contributed by atoms with Crippen LogP contribution in [0.5, 0.6) is 0 Å². The van der Waals surface area contributed by atoms with Gasteiger partial charge in [0.15, 0.2) is 11.6 Å². The molecule has 3 aromatic rings. The number of hydrogen-bond donors (Lipinski definition) is 1. The summed E-state index contributed by atoms with van der Waals surface area (Å²) in [4.78, 5) is 16.2. The molecular weight excluding hydrogens is 379 g/mol. The summed E-state index contributed by atoms with van der Waals surface area (Å²) in [6.45, 7) is 0.471. The fourth-order valence-electron chi connectivity index (χ4n) is 2.39. The summed E-state index contributed by atoms with van der Waals surface area (Å²) in [5, 5.41) is 6.35. The van der Waals surface area contributed by atoms with Crippen LogP contribution in [0.15, 0.2) is 45.3 Å². The first-order valence-electron chi connectivity index (χ1n) is 8.23. The maximum Gasteiger partial charge on any atom is 0.416 e. The van der Waals surface area contributed by atoms with Crippen molar-refractivity contribution in [3.63, 3.8) is 0 Å². The second-order valence-electron chi connectivity index (χ2n) is 5.78. The number of ether oxygens (including phenoxy) is 1. The predicted octanol–water partition coefficient (Wildman–Crippen LogP) is 3.47. The number of carbonyl (C=O) groups excluding carboxylic acids is 1. The van der Waals surface area contributed by atoms with Crippen LogP contribution in [0.2, 0.25) is 0 Å². The summed E-state index contributed by atoms with van der Waals surface area (Å²) in [5.74, 6) is 0.642. The van der Waals surface area contributed by atoms with Gasteiger partial charge in [0.1, 0.15) is 12.4 Å². The number of nitrogens with zero attached hydrogens (tertiary/aromatic N) is 2. The van der Waals surface area contributed by atoms with Gasteiger partial charge in [-0.15, -0.1) is 0 Å². The number of furan rings is 1. The highest BCUT2D eigenvalue weighted by Crippen LogP contribution is 2.31. The number of halogens is 3. The quantitative estimate of drug-likeness (QED) is 0.659. The third-order valence-corrected chi connectivity index (χ3v) is 3.73. The van der Waals surface area contributed by atoms with Gasteiger partial charge in [0.2, 0.25) is 5.89 Å². The van der Waals surface area contributed by atoms with Gasteiger partial charge in [-0.05, 0) is 24.3 Å². The standard InChI is InChI=1S/C18H16F3N3O4/c1-26-10-15-23-16(28-24-15)8-9-22-17(25)14-7-6-13(27-14)11-2-4-12(5-3-11)18(19,20)21/h2-7H,8-10H2,1H3,(H,22,25). The third kappa shape index (κ3) is 4.77. The molecule has 0 aliphatic rings. The molecule has 0 aliphatic carbocycles. The van der Waals surface area contributed by atoms with Crippen molar-refractivity contribution in [2.24, 2.45) is 0 Å². The minimum Gasteiger partial charge on any atom is -0.451 e. The lowest BCUT2D eigenvalue weighted by atomic mass is 10.1. The van der Waals surface area contributed by atoms with Gasteiger partial charge >= 0.3 is 6.18 Å². The van der Waals surface area contributed by atoms with E-state index in [9.17, 15) is 18.0 Å². The molecule has 0 atom stereocenters. The van der Waals surface area contributed by atoms with Crippen LogP contribution in [0.4, 0.5) is 13.2 Å². The molecule has 0 unspecified atom stereocenters. The second kappa shape index (κ2) is 8.26. The van der Waals surface area contributed by atoms with Gasteiger partial charge in [0, 0.05) is 25.6 Å². The lowest BCUT2D eigenvalue weighted by Gasteiger charge is -2.06. The first kappa shape index (κ1) is 19.6. The number of rotatable bonds is 7. The second-order valence-corrected chi connectivity index (χ2v) is 5.78. The number of aromatic nitrogens is 2. The van der Waals surface area contributed by atoms with E-state index >= 15 is 0 Å². The lowest BCUT2D eigenvalue weighted by molar-refractivity contribution is -0.137. The van der Waals surface area contributed by atoms with E-state index in [1.807, 2.05) is 0 Å². The Hall–Kier alpha value is -3.14. The molecule has 3 rings (SSSR count). The number of amides is 1. The Morgan fingerprint density at radius 3 is 2.61 bits per heavy atom. The average Bonchev–Trinajstić information content (AvgIpc) is 3.31. The molecule has 0 spiro atoms. The number of methoxy groups -OCH3 is 1. The summed E-state index contributed by atoms with van der Waals surface area (Å²) in [6, 6.07) is 7.46. The van der Waals surface area contributed by atoms with E-state index in [1.165, 1.54) is 31.4 Å². The van der Waals surface area contributed by atoms with Gasteiger partial charge in [0.05, 0.1) is 5.56 Å². The highest BCUT2D eigenvalue weighted by molar-refractivity contribution is 5.92. The zero-order chi connectivity index (χ0) is 20.1. The molecule has 1 aromatic carbocycles. The Morgan fingerprint density at radius 2 is 1.93 bits per heavy atom. The number of nitrogens with one attached hydrogen (secondary N) is 1. The zero-order valence-corrected chi connectivity index (χ0v) is 14.7. The average molecular weight is 395 g/mol. The van der Waals surface area contributed by atoms with Gasteiger partial charge in [-0.2, -0.15) is 18.2 Å². The summed E-state index contributed by atoms with van der Waals surface area (Å²) in [5.41, 5.74) is -0.320. The number of benzene rings is 1. The normalized spacial score (nSPS) is 11.6. The van der Waals surface area contributed by atoms with E-state index in [2.05, 4.69) is 15.5 Å². The van der Waals surface area contributed by atoms with Gasteiger partial charge < -0.3 is 19.0 Å². The van der Waals surface area contributed by atoms with E-state index in [0.717, 1.165) is 12.1 Å². The molecule has 0 radical (unpaired) electrons. The molecule has 1 amide bonds. The van der Waals surface area contributed by atoms with E-state index in [0.29, 0.717) is 29.5 Å². The molecule has 2 aromatic heterocycles. The zero-order valence-electron chi connectivity index (χ0n) is 14.7. The fourth-order valence-corrected chi connectivity index (χ4v) is 2.39. The molecular formula is C18H16F3N3O4. The molecule has 10 heteroatoms.